The maximum atomic E-state index is 12.6. The standard InChI is InChI=1S/C18H23N3O/c22-18(13-20-9-4-1-5-10-20)21-11-8-17-15(12-21)14-6-2-3-7-16(14)19-17/h2-3,6-7,19H,1,4-5,8-13H2/p+1. The molecular formula is C18H24N3O+. The number of hydrogen-bond acceptors (Lipinski definition) is 1. The Morgan fingerprint density at radius 2 is 2.00 bits per heavy atom. The van der Waals surface area contributed by atoms with Crippen LogP contribution in [0, 0.1) is 0 Å². The van der Waals surface area contributed by atoms with E-state index in [-0.39, 0.29) is 0 Å². The van der Waals surface area contributed by atoms with Crippen LogP contribution in [0.1, 0.15) is 30.5 Å². The fourth-order valence-electron chi connectivity index (χ4n) is 3.93. The van der Waals surface area contributed by atoms with Gasteiger partial charge in [-0.1, -0.05) is 18.2 Å². The monoisotopic (exact) mass is 298 g/mol. The van der Waals surface area contributed by atoms with Crippen LogP contribution >= 0.6 is 0 Å². The van der Waals surface area contributed by atoms with Gasteiger partial charge in [-0.2, -0.15) is 0 Å². The number of benzene rings is 1. The molecule has 2 aromatic rings. The number of fused-ring (bicyclic) bond motifs is 3. The Bertz CT molecular complexity index is 685. The normalized spacial score (nSPS) is 19.4. The number of piperidine rings is 1. The van der Waals surface area contributed by atoms with Gasteiger partial charge in [-0.15, -0.1) is 0 Å². The molecule has 22 heavy (non-hydrogen) atoms. The summed E-state index contributed by atoms with van der Waals surface area (Å²) >= 11 is 0. The van der Waals surface area contributed by atoms with Gasteiger partial charge in [0.1, 0.15) is 0 Å². The maximum absolute atomic E-state index is 12.6. The first-order valence-corrected chi connectivity index (χ1v) is 8.51. The highest BCUT2D eigenvalue weighted by molar-refractivity contribution is 5.86. The minimum absolute atomic E-state index is 0.327. The van der Waals surface area contributed by atoms with Crippen molar-refractivity contribution >= 4 is 16.8 Å². The molecule has 1 aromatic carbocycles. The van der Waals surface area contributed by atoms with E-state index >= 15 is 0 Å². The van der Waals surface area contributed by atoms with Crippen LogP contribution in [0.3, 0.4) is 0 Å². The van der Waals surface area contributed by atoms with Gasteiger partial charge in [-0.25, -0.2) is 0 Å². The van der Waals surface area contributed by atoms with Gasteiger partial charge in [0.2, 0.25) is 0 Å². The fourth-order valence-corrected chi connectivity index (χ4v) is 3.93. The summed E-state index contributed by atoms with van der Waals surface area (Å²) in [6.07, 6.45) is 4.83. The number of nitrogens with one attached hydrogen (secondary N) is 2. The first-order chi connectivity index (χ1) is 10.8. The molecule has 116 valence electrons. The van der Waals surface area contributed by atoms with Crippen LogP contribution in [0.4, 0.5) is 0 Å². The van der Waals surface area contributed by atoms with Crippen molar-refractivity contribution in [2.24, 2.45) is 0 Å². The van der Waals surface area contributed by atoms with Crippen LogP contribution in [-0.4, -0.2) is 42.0 Å². The lowest BCUT2D eigenvalue weighted by Gasteiger charge is -2.30. The molecule has 0 spiro atoms. The summed E-state index contributed by atoms with van der Waals surface area (Å²) in [6.45, 7) is 4.63. The molecule has 4 nitrogen and oxygen atoms in total. The fraction of sp³-hybridized carbons (Fsp3) is 0.500. The van der Waals surface area contributed by atoms with Crippen LogP contribution in [0.5, 0.6) is 0 Å². The van der Waals surface area contributed by atoms with Gasteiger partial charge in [-0.05, 0) is 25.3 Å². The third kappa shape index (κ3) is 2.52. The third-order valence-electron chi connectivity index (χ3n) is 5.20. The molecular weight excluding hydrogens is 274 g/mol. The number of amides is 1. The van der Waals surface area contributed by atoms with Crippen molar-refractivity contribution in [2.75, 3.05) is 26.2 Å². The average molecular weight is 298 g/mol. The Morgan fingerprint density at radius 1 is 1.18 bits per heavy atom. The topological polar surface area (TPSA) is 40.5 Å². The number of carbonyl (C=O) groups excluding carboxylic acids is 1. The van der Waals surface area contributed by atoms with E-state index in [0.29, 0.717) is 12.5 Å². The van der Waals surface area contributed by atoms with E-state index in [0.717, 1.165) is 32.6 Å². The Kier molecular flexibility index (Phi) is 3.62. The minimum atomic E-state index is 0.327. The van der Waals surface area contributed by atoms with Gasteiger partial charge in [0.25, 0.3) is 5.91 Å². The molecule has 1 saturated heterocycles. The molecule has 4 heteroatoms. The lowest BCUT2D eigenvalue weighted by Crippen LogP contribution is -3.13. The zero-order chi connectivity index (χ0) is 14.9. The zero-order valence-electron chi connectivity index (χ0n) is 13.0. The number of hydrogen-bond donors (Lipinski definition) is 2. The van der Waals surface area contributed by atoms with Crippen molar-refractivity contribution in [2.45, 2.75) is 32.2 Å². The first-order valence-electron chi connectivity index (χ1n) is 8.51. The Morgan fingerprint density at radius 3 is 2.86 bits per heavy atom. The van der Waals surface area contributed by atoms with E-state index in [1.165, 1.54) is 46.3 Å². The molecule has 3 heterocycles. The van der Waals surface area contributed by atoms with Gasteiger partial charge >= 0.3 is 0 Å². The Labute approximate surface area is 131 Å². The number of likely N-dealkylation sites (tertiary alicyclic amines) is 1. The minimum Gasteiger partial charge on any atom is -0.358 e. The molecule has 2 N–H and O–H groups in total. The summed E-state index contributed by atoms with van der Waals surface area (Å²) in [6, 6.07) is 8.42. The molecule has 1 fully saturated rings. The number of aromatic nitrogens is 1. The van der Waals surface area contributed by atoms with Crippen LogP contribution < -0.4 is 4.90 Å². The molecule has 0 unspecified atom stereocenters. The SMILES string of the molecule is O=C(C[NH+]1CCCCC1)N1CCc2[nH]c3ccccc3c2C1. The highest BCUT2D eigenvalue weighted by Crippen LogP contribution is 2.27. The predicted octanol–water partition coefficient (Wildman–Crippen LogP) is 1.12. The van der Waals surface area contributed by atoms with Gasteiger partial charge in [0.15, 0.2) is 6.54 Å². The van der Waals surface area contributed by atoms with E-state index in [9.17, 15) is 4.79 Å². The second kappa shape index (κ2) is 5.76. The first kappa shape index (κ1) is 13.8. The number of nitrogens with zero attached hydrogens (tertiary/aromatic N) is 1. The summed E-state index contributed by atoms with van der Waals surface area (Å²) < 4.78 is 0. The summed E-state index contributed by atoms with van der Waals surface area (Å²) in [7, 11) is 0. The van der Waals surface area contributed by atoms with Crippen LogP contribution in [0.15, 0.2) is 24.3 Å². The predicted molar refractivity (Wildman–Crippen MR) is 86.8 cm³/mol. The summed E-state index contributed by atoms with van der Waals surface area (Å²) in [5, 5.41) is 1.28. The number of para-hydroxylation sites is 1. The Hall–Kier alpha value is -1.81. The highest BCUT2D eigenvalue weighted by atomic mass is 16.2. The van der Waals surface area contributed by atoms with Gasteiger partial charge < -0.3 is 14.8 Å². The van der Waals surface area contributed by atoms with Crippen molar-refractivity contribution in [3.8, 4) is 0 Å². The number of carbonyl (C=O) groups is 1. The molecule has 0 bridgehead atoms. The van der Waals surface area contributed by atoms with Crippen LogP contribution in [0.25, 0.3) is 10.9 Å². The van der Waals surface area contributed by atoms with Gasteiger partial charge in [0, 0.05) is 41.7 Å². The smallest absolute Gasteiger partial charge is 0.278 e. The van der Waals surface area contributed by atoms with E-state index in [4.69, 9.17) is 0 Å². The average Bonchev–Trinajstić information content (AvgIpc) is 2.93. The van der Waals surface area contributed by atoms with Crippen LogP contribution in [-0.2, 0) is 17.8 Å². The van der Waals surface area contributed by atoms with E-state index < -0.39 is 0 Å². The molecule has 0 radical (unpaired) electrons. The maximum Gasteiger partial charge on any atom is 0.278 e. The van der Waals surface area contributed by atoms with Crippen molar-refractivity contribution < 1.29 is 9.69 Å². The number of quaternary nitrogens is 1. The quantitative estimate of drug-likeness (QED) is 0.857. The second-order valence-corrected chi connectivity index (χ2v) is 6.68. The van der Waals surface area contributed by atoms with Gasteiger partial charge in [-0.3, -0.25) is 4.79 Å². The number of H-pyrrole nitrogens is 1. The van der Waals surface area contributed by atoms with E-state index in [2.05, 4.69) is 34.1 Å². The Balaban J connectivity index is 1.50. The van der Waals surface area contributed by atoms with Crippen molar-refractivity contribution in [1.82, 2.24) is 9.88 Å². The molecule has 0 atom stereocenters. The van der Waals surface area contributed by atoms with Crippen LogP contribution in [0.2, 0.25) is 0 Å². The van der Waals surface area contributed by atoms with E-state index in [1.54, 1.807) is 0 Å². The zero-order valence-corrected chi connectivity index (χ0v) is 13.0. The molecule has 0 aliphatic carbocycles. The molecule has 2 aliphatic heterocycles. The third-order valence-corrected chi connectivity index (χ3v) is 5.20. The molecule has 1 aromatic heterocycles. The number of aromatic amines is 1. The summed E-state index contributed by atoms with van der Waals surface area (Å²) in [4.78, 5) is 19.7. The molecule has 0 saturated carbocycles. The molecule has 4 rings (SSSR count). The molecule has 1 amide bonds. The largest absolute Gasteiger partial charge is 0.358 e. The van der Waals surface area contributed by atoms with Crippen molar-refractivity contribution in [3.05, 3.63) is 35.5 Å². The summed E-state index contributed by atoms with van der Waals surface area (Å²) in [5.41, 5.74) is 3.84. The summed E-state index contributed by atoms with van der Waals surface area (Å²) in [5.74, 6) is 0.327. The number of rotatable bonds is 2. The lowest BCUT2D eigenvalue weighted by molar-refractivity contribution is -0.897. The van der Waals surface area contributed by atoms with Crippen molar-refractivity contribution in [3.63, 3.8) is 0 Å². The van der Waals surface area contributed by atoms with Gasteiger partial charge in [0.05, 0.1) is 13.1 Å². The van der Waals surface area contributed by atoms with Crippen molar-refractivity contribution in [1.29, 1.82) is 0 Å². The second-order valence-electron chi connectivity index (χ2n) is 6.68. The lowest BCUT2D eigenvalue weighted by atomic mass is 10.0. The van der Waals surface area contributed by atoms with E-state index in [1.807, 2.05) is 0 Å². The highest BCUT2D eigenvalue weighted by Gasteiger charge is 2.26. The molecule has 2 aliphatic rings.